The van der Waals surface area contributed by atoms with Crippen LogP contribution in [0.5, 0.6) is 0 Å². The summed E-state index contributed by atoms with van der Waals surface area (Å²) in [4.78, 5) is 4.01. The minimum atomic E-state index is 0.209. The molecule has 0 amide bonds. The quantitative estimate of drug-likeness (QED) is 0.397. The third kappa shape index (κ3) is 2.97. The first kappa shape index (κ1) is 18.1. The molecule has 0 spiro atoms. The van der Waals surface area contributed by atoms with Crippen molar-refractivity contribution in [3.05, 3.63) is 95.8 Å². The van der Waals surface area contributed by atoms with Crippen LogP contribution >= 0.6 is 0 Å². The fraction of sp³-hybridized carbons (Fsp3) is 0. The Morgan fingerprint density at radius 1 is 0.613 bits per heavy atom. The van der Waals surface area contributed by atoms with Crippen LogP contribution in [0.25, 0.3) is 38.6 Å². The van der Waals surface area contributed by atoms with Crippen molar-refractivity contribution < 1.29 is 0 Å². The fourth-order valence-electron chi connectivity index (χ4n) is 3.96. The summed E-state index contributed by atoms with van der Waals surface area (Å²) in [5.74, 6) is 0. The molecule has 0 atom stereocenters. The van der Waals surface area contributed by atoms with Crippen LogP contribution in [0, 0.1) is 34.0 Å². The summed E-state index contributed by atoms with van der Waals surface area (Å²) < 4.78 is 2.16. The molecular weight excluding hydrogens is 382 g/mol. The molecule has 0 bridgehead atoms. The molecule has 5 heteroatoms. The van der Waals surface area contributed by atoms with Gasteiger partial charge in [-0.05, 0) is 59.7 Å². The second-order valence-electron chi connectivity index (χ2n) is 7.10. The molecule has 5 nitrogen and oxygen atoms in total. The molecule has 0 fully saturated rings. The van der Waals surface area contributed by atoms with Crippen molar-refractivity contribution in [1.82, 2.24) is 9.55 Å². The molecule has 0 aliphatic heterocycles. The van der Waals surface area contributed by atoms with Crippen LogP contribution in [-0.4, -0.2) is 9.55 Å². The lowest BCUT2D eigenvalue weighted by molar-refractivity contribution is 1.18. The summed E-state index contributed by atoms with van der Waals surface area (Å²) in [6.07, 6.45) is 0. The molecule has 0 aliphatic carbocycles. The molecule has 0 N–H and O–H groups in total. The lowest BCUT2D eigenvalue weighted by atomic mass is 10.0. The number of fused-ring (bicyclic) bond motifs is 3. The van der Waals surface area contributed by atoms with Gasteiger partial charge in [-0.2, -0.15) is 15.8 Å². The van der Waals surface area contributed by atoms with Crippen molar-refractivity contribution in [1.29, 1.82) is 15.8 Å². The number of aromatic nitrogens is 2. The van der Waals surface area contributed by atoms with Crippen molar-refractivity contribution in [3.63, 3.8) is 0 Å². The Labute approximate surface area is 178 Å². The Morgan fingerprint density at radius 3 is 2.10 bits per heavy atom. The molecule has 142 valence electrons. The number of hydrogen-bond donors (Lipinski definition) is 0. The van der Waals surface area contributed by atoms with E-state index in [0.717, 1.165) is 38.6 Å². The summed E-state index contributed by atoms with van der Waals surface area (Å²) in [7, 11) is 0. The van der Waals surface area contributed by atoms with Crippen molar-refractivity contribution in [2.24, 2.45) is 0 Å². The molecule has 31 heavy (non-hydrogen) atoms. The zero-order chi connectivity index (χ0) is 21.4. The van der Waals surface area contributed by atoms with Crippen LogP contribution in [-0.2, 0) is 0 Å². The van der Waals surface area contributed by atoms with Gasteiger partial charge in [0, 0.05) is 16.5 Å². The van der Waals surface area contributed by atoms with Gasteiger partial charge in [0.2, 0.25) is 0 Å². The fourth-order valence-corrected chi connectivity index (χ4v) is 3.96. The average Bonchev–Trinajstić information content (AvgIpc) is 3.17. The smallest absolute Gasteiger partial charge is 0.142 e. The van der Waals surface area contributed by atoms with E-state index in [4.69, 9.17) is 0 Å². The highest BCUT2D eigenvalue weighted by molar-refractivity contribution is 6.09. The van der Waals surface area contributed by atoms with Crippen LogP contribution < -0.4 is 0 Å². The molecule has 5 rings (SSSR count). The van der Waals surface area contributed by atoms with E-state index >= 15 is 0 Å². The minimum absolute atomic E-state index is 0.209. The van der Waals surface area contributed by atoms with E-state index in [1.54, 1.807) is 12.1 Å². The Bertz CT molecular complexity index is 1590. The van der Waals surface area contributed by atoms with Crippen molar-refractivity contribution >= 4 is 21.8 Å². The topological polar surface area (TPSA) is 89.2 Å². The van der Waals surface area contributed by atoms with Crippen molar-refractivity contribution in [3.8, 4) is 35.0 Å². The first-order valence-electron chi connectivity index (χ1n) is 9.58. The van der Waals surface area contributed by atoms with Gasteiger partial charge in [0.15, 0.2) is 0 Å². The summed E-state index contributed by atoms with van der Waals surface area (Å²) in [5.41, 5.74) is 5.67. The highest BCUT2D eigenvalue weighted by Crippen LogP contribution is 2.33. The van der Waals surface area contributed by atoms with Gasteiger partial charge in [-0.15, -0.1) is 0 Å². The Hall–Kier alpha value is -4.92. The first-order chi connectivity index (χ1) is 15.2. The highest BCUT2D eigenvalue weighted by atomic mass is 15.0. The molecule has 0 unspecified atom stereocenters. The summed E-state index contributed by atoms with van der Waals surface area (Å²) in [5, 5.41) is 29.9. The number of nitrogens with zero attached hydrogens (tertiary/aromatic N) is 5. The van der Waals surface area contributed by atoms with Gasteiger partial charge in [0.05, 0.1) is 22.7 Å². The van der Waals surface area contributed by atoms with E-state index < -0.39 is 0 Å². The lowest BCUT2D eigenvalue weighted by Gasteiger charge is -2.10. The lowest BCUT2D eigenvalue weighted by Crippen LogP contribution is -1.95. The summed E-state index contributed by atoms with van der Waals surface area (Å²) in [6, 6.07) is 31.4. The standard InChI is InChI=1S/C26H13N5/c27-14-17-8-9-26-24(10-17)23-6-1-2-7-25(23)31(26)22-5-3-4-18(13-22)19-11-20(15-28)30-21(12-19)16-29/h1-13H. The maximum absolute atomic E-state index is 9.33. The SMILES string of the molecule is N#Cc1ccc2c(c1)c1ccccc1n2-c1cccc(-c2cc(C#N)nc(C#N)c2)c1. The van der Waals surface area contributed by atoms with Gasteiger partial charge in [-0.25, -0.2) is 4.98 Å². The predicted octanol–water partition coefficient (Wildman–Crippen LogP) is 5.46. The largest absolute Gasteiger partial charge is 0.309 e. The summed E-state index contributed by atoms with van der Waals surface area (Å²) in [6.45, 7) is 0. The zero-order valence-corrected chi connectivity index (χ0v) is 16.2. The second-order valence-corrected chi connectivity index (χ2v) is 7.10. The van der Waals surface area contributed by atoms with Crippen molar-refractivity contribution in [2.45, 2.75) is 0 Å². The molecule has 2 aromatic heterocycles. The Balaban J connectivity index is 1.77. The van der Waals surface area contributed by atoms with Gasteiger partial charge < -0.3 is 4.57 Å². The molecule has 5 aromatic rings. The first-order valence-corrected chi connectivity index (χ1v) is 9.58. The molecule has 0 saturated carbocycles. The van der Waals surface area contributed by atoms with Gasteiger partial charge in [-0.1, -0.05) is 30.3 Å². The number of hydrogen-bond acceptors (Lipinski definition) is 4. The van der Waals surface area contributed by atoms with Crippen molar-refractivity contribution in [2.75, 3.05) is 0 Å². The molecule has 0 radical (unpaired) electrons. The van der Waals surface area contributed by atoms with E-state index in [1.165, 1.54) is 0 Å². The number of rotatable bonds is 2. The number of para-hydroxylation sites is 1. The molecule has 3 aromatic carbocycles. The molecule has 0 saturated heterocycles. The Morgan fingerprint density at radius 2 is 1.35 bits per heavy atom. The normalized spacial score (nSPS) is 10.5. The van der Waals surface area contributed by atoms with Crippen LogP contribution in [0.15, 0.2) is 78.9 Å². The van der Waals surface area contributed by atoms with Crippen LogP contribution in [0.4, 0.5) is 0 Å². The maximum atomic E-state index is 9.33. The third-order valence-corrected chi connectivity index (χ3v) is 5.29. The van der Waals surface area contributed by atoms with Gasteiger partial charge in [0.1, 0.15) is 23.5 Å². The molecule has 0 aliphatic rings. The molecule has 2 heterocycles. The zero-order valence-electron chi connectivity index (χ0n) is 16.2. The monoisotopic (exact) mass is 395 g/mol. The van der Waals surface area contributed by atoms with Crippen LogP contribution in [0.1, 0.15) is 17.0 Å². The number of pyridine rings is 1. The van der Waals surface area contributed by atoms with E-state index in [9.17, 15) is 15.8 Å². The predicted molar refractivity (Wildman–Crippen MR) is 118 cm³/mol. The van der Waals surface area contributed by atoms with E-state index in [0.29, 0.717) is 5.56 Å². The highest BCUT2D eigenvalue weighted by Gasteiger charge is 2.13. The number of nitriles is 3. The van der Waals surface area contributed by atoms with Gasteiger partial charge in [0.25, 0.3) is 0 Å². The van der Waals surface area contributed by atoms with E-state index in [1.807, 2.05) is 66.7 Å². The summed E-state index contributed by atoms with van der Waals surface area (Å²) >= 11 is 0. The van der Waals surface area contributed by atoms with Gasteiger partial charge >= 0.3 is 0 Å². The minimum Gasteiger partial charge on any atom is -0.309 e. The van der Waals surface area contributed by atoms with Crippen LogP contribution in [0.3, 0.4) is 0 Å². The molecular formula is C26H13N5. The van der Waals surface area contributed by atoms with E-state index in [-0.39, 0.29) is 11.4 Å². The second kappa shape index (κ2) is 7.16. The Kier molecular flexibility index (Phi) is 4.19. The maximum Gasteiger partial charge on any atom is 0.142 e. The third-order valence-electron chi connectivity index (χ3n) is 5.29. The van der Waals surface area contributed by atoms with E-state index in [2.05, 4.69) is 27.8 Å². The van der Waals surface area contributed by atoms with Crippen LogP contribution in [0.2, 0.25) is 0 Å². The average molecular weight is 395 g/mol. The van der Waals surface area contributed by atoms with Gasteiger partial charge in [-0.3, -0.25) is 0 Å². The number of benzene rings is 3.